The average molecular weight is 295 g/mol. The van der Waals surface area contributed by atoms with E-state index in [1.807, 2.05) is 16.8 Å². The van der Waals surface area contributed by atoms with Crippen molar-refractivity contribution in [2.75, 3.05) is 0 Å². The lowest BCUT2D eigenvalue weighted by Crippen LogP contribution is -1.95. The first kappa shape index (κ1) is 12.3. The van der Waals surface area contributed by atoms with E-state index in [1.54, 1.807) is 11.3 Å². The van der Waals surface area contributed by atoms with Crippen LogP contribution in [0.1, 0.15) is 11.8 Å². The Morgan fingerprint density at radius 2 is 2.26 bits per heavy atom. The minimum Gasteiger partial charge on any atom is -0.415 e. The van der Waals surface area contributed by atoms with Gasteiger partial charge in [-0.1, -0.05) is 16.9 Å². The molecule has 0 bridgehead atoms. The molecule has 0 radical (unpaired) electrons. The maximum absolute atomic E-state index is 5.38. The third kappa shape index (κ3) is 2.83. The van der Waals surface area contributed by atoms with Gasteiger partial charge in [-0.15, -0.1) is 10.2 Å². The molecule has 0 saturated carbocycles. The number of rotatable bonds is 5. The van der Waals surface area contributed by atoms with Crippen molar-refractivity contribution in [2.24, 2.45) is 5.73 Å². The van der Waals surface area contributed by atoms with Crippen LogP contribution in [0.3, 0.4) is 0 Å². The fourth-order valence-electron chi connectivity index (χ4n) is 1.32. The van der Waals surface area contributed by atoms with Gasteiger partial charge >= 0.3 is 0 Å². The van der Waals surface area contributed by atoms with Crippen molar-refractivity contribution in [3.63, 3.8) is 0 Å². The zero-order chi connectivity index (χ0) is 13.1. The number of nitrogens with two attached hydrogens (primary N) is 1. The van der Waals surface area contributed by atoms with Crippen LogP contribution in [0.4, 0.5) is 0 Å². The minimum atomic E-state index is 0.233. The van der Waals surface area contributed by atoms with Gasteiger partial charge in [-0.25, -0.2) is 0 Å². The van der Waals surface area contributed by atoms with E-state index < -0.39 is 0 Å². The molecule has 3 aromatic heterocycles. The molecule has 0 atom stereocenters. The maximum atomic E-state index is 5.38. The molecule has 19 heavy (non-hydrogen) atoms. The van der Waals surface area contributed by atoms with E-state index in [-0.39, 0.29) is 6.54 Å². The monoisotopic (exact) mass is 295 g/mol. The second-order valence-electron chi connectivity index (χ2n) is 3.48. The van der Waals surface area contributed by atoms with E-state index in [0.29, 0.717) is 28.6 Å². The van der Waals surface area contributed by atoms with Gasteiger partial charge in [0.05, 0.1) is 12.3 Å². The van der Waals surface area contributed by atoms with Gasteiger partial charge in [0.25, 0.3) is 5.22 Å². The predicted octanol–water partition coefficient (Wildman–Crippen LogP) is 1.93. The summed E-state index contributed by atoms with van der Waals surface area (Å²) in [5, 5.41) is 15.9. The molecule has 3 heterocycles. The van der Waals surface area contributed by atoms with E-state index in [4.69, 9.17) is 14.7 Å². The Kier molecular flexibility index (Phi) is 3.58. The smallest absolute Gasteiger partial charge is 0.277 e. The van der Waals surface area contributed by atoms with Crippen molar-refractivity contribution in [3.8, 4) is 11.4 Å². The van der Waals surface area contributed by atoms with Gasteiger partial charge < -0.3 is 14.7 Å². The van der Waals surface area contributed by atoms with Crippen LogP contribution in [0.25, 0.3) is 11.4 Å². The SMILES string of the molecule is NCc1nnc(SCc2nc(-c3ccsc3)no2)o1. The van der Waals surface area contributed by atoms with Gasteiger partial charge in [-0.3, -0.25) is 0 Å². The molecule has 0 unspecified atom stereocenters. The van der Waals surface area contributed by atoms with E-state index in [2.05, 4.69) is 20.3 Å². The van der Waals surface area contributed by atoms with Crippen LogP contribution in [-0.2, 0) is 12.3 Å². The van der Waals surface area contributed by atoms with Gasteiger partial charge in [0.15, 0.2) is 0 Å². The number of hydrogen-bond donors (Lipinski definition) is 1. The zero-order valence-corrected chi connectivity index (χ0v) is 11.3. The van der Waals surface area contributed by atoms with Crippen LogP contribution in [0.5, 0.6) is 0 Å². The summed E-state index contributed by atoms with van der Waals surface area (Å²) in [6, 6.07) is 1.94. The highest BCUT2D eigenvalue weighted by Gasteiger charge is 2.11. The minimum absolute atomic E-state index is 0.233. The van der Waals surface area contributed by atoms with Crippen LogP contribution in [0.2, 0.25) is 0 Å². The van der Waals surface area contributed by atoms with Gasteiger partial charge in [0, 0.05) is 10.9 Å². The molecule has 0 spiro atoms. The Labute approximate surface area is 116 Å². The second kappa shape index (κ2) is 5.51. The molecule has 98 valence electrons. The van der Waals surface area contributed by atoms with Crippen LogP contribution < -0.4 is 5.73 Å². The first-order chi connectivity index (χ1) is 9.35. The maximum Gasteiger partial charge on any atom is 0.277 e. The predicted molar refractivity (Wildman–Crippen MR) is 69.4 cm³/mol. The highest BCUT2D eigenvalue weighted by molar-refractivity contribution is 7.98. The number of aromatic nitrogens is 4. The molecule has 0 saturated heterocycles. The standard InChI is InChI=1S/C10H9N5O2S2/c11-3-7-13-14-10(16-7)19-5-8-12-9(15-17-8)6-1-2-18-4-6/h1-2,4H,3,5,11H2. The molecule has 3 rings (SSSR count). The van der Waals surface area contributed by atoms with Crippen LogP contribution in [-0.4, -0.2) is 20.3 Å². The quantitative estimate of drug-likeness (QED) is 0.712. The van der Waals surface area contributed by atoms with Gasteiger partial charge in [0.2, 0.25) is 17.6 Å². The van der Waals surface area contributed by atoms with Crippen molar-refractivity contribution in [2.45, 2.75) is 17.5 Å². The van der Waals surface area contributed by atoms with E-state index in [0.717, 1.165) is 5.56 Å². The Balaban J connectivity index is 1.64. The number of hydrogen-bond acceptors (Lipinski definition) is 9. The summed E-state index contributed by atoms with van der Waals surface area (Å²) in [5.41, 5.74) is 6.33. The van der Waals surface area contributed by atoms with Gasteiger partial charge in [0.1, 0.15) is 0 Å². The van der Waals surface area contributed by atoms with Crippen molar-refractivity contribution in [1.82, 2.24) is 20.3 Å². The Hall–Kier alpha value is -1.71. The Morgan fingerprint density at radius 1 is 1.32 bits per heavy atom. The topological polar surface area (TPSA) is 104 Å². The lowest BCUT2D eigenvalue weighted by Gasteiger charge is -1.89. The third-order valence-corrected chi connectivity index (χ3v) is 3.68. The van der Waals surface area contributed by atoms with E-state index in [9.17, 15) is 0 Å². The van der Waals surface area contributed by atoms with Gasteiger partial charge in [-0.05, 0) is 11.4 Å². The van der Waals surface area contributed by atoms with E-state index >= 15 is 0 Å². The molecule has 0 aliphatic rings. The second-order valence-corrected chi connectivity index (χ2v) is 5.18. The molecule has 0 amide bonds. The number of nitrogens with zero attached hydrogens (tertiary/aromatic N) is 4. The lowest BCUT2D eigenvalue weighted by molar-refractivity contribution is 0.389. The molecule has 9 heteroatoms. The van der Waals surface area contributed by atoms with Crippen LogP contribution in [0, 0.1) is 0 Å². The molecule has 7 nitrogen and oxygen atoms in total. The summed E-state index contributed by atoms with van der Waals surface area (Å²) in [4.78, 5) is 4.29. The zero-order valence-electron chi connectivity index (χ0n) is 9.65. The fourth-order valence-corrected chi connectivity index (χ4v) is 2.58. The van der Waals surface area contributed by atoms with Crippen molar-refractivity contribution in [3.05, 3.63) is 28.6 Å². The Morgan fingerprint density at radius 3 is 3.00 bits per heavy atom. The summed E-state index contributed by atoms with van der Waals surface area (Å²) >= 11 is 2.92. The lowest BCUT2D eigenvalue weighted by atomic mass is 10.3. The average Bonchev–Trinajstić information content (AvgIpc) is 3.16. The summed E-state index contributed by atoms with van der Waals surface area (Å²) in [5.74, 6) is 1.99. The molecule has 0 fully saturated rings. The van der Waals surface area contributed by atoms with Gasteiger partial charge in [-0.2, -0.15) is 16.3 Å². The molecule has 0 aromatic carbocycles. The summed E-state index contributed by atoms with van der Waals surface area (Å²) in [6.07, 6.45) is 0. The normalized spacial score (nSPS) is 11.0. The first-order valence-corrected chi connectivity index (χ1v) is 7.28. The Bertz CT molecular complexity index is 648. The van der Waals surface area contributed by atoms with Crippen molar-refractivity contribution in [1.29, 1.82) is 0 Å². The molecular formula is C10H9N5O2S2. The third-order valence-electron chi connectivity index (χ3n) is 2.19. The summed E-state index contributed by atoms with van der Waals surface area (Å²) in [6.45, 7) is 0.233. The largest absolute Gasteiger partial charge is 0.415 e. The van der Waals surface area contributed by atoms with Crippen LogP contribution >= 0.6 is 23.1 Å². The summed E-state index contributed by atoms with van der Waals surface area (Å²) < 4.78 is 10.4. The number of thiophene rings is 1. The highest BCUT2D eigenvalue weighted by atomic mass is 32.2. The first-order valence-electron chi connectivity index (χ1n) is 5.35. The molecular weight excluding hydrogens is 286 g/mol. The van der Waals surface area contributed by atoms with E-state index in [1.165, 1.54) is 11.8 Å². The van der Waals surface area contributed by atoms with Crippen molar-refractivity contribution < 1.29 is 8.94 Å². The van der Waals surface area contributed by atoms with Crippen molar-refractivity contribution >= 4 is 23.1 Å². The number of thioether (sulfide) groups is 1. The molecule has 2 N–H and O–H groups in total. The fraction of sp³-hybridized carbons (Fsp3) is 0.200. The summed E-state index contributed by atoms with van der Waals surface area (Å²) in [7, 11) is 0. The molecule has 0 aliphatic heterocycles. The molecule has 0 aliphatic carbocycles. The molecule has 3 aromatic rings. The van der Waals surface area contributed by atoms with Crippen LogP contribution in [0.15, 0.2) is 31.0 Å². The highest BCUT2D eigenvalue weighted by Crippen LogP contribution is 2.23.